The van der Waals surface area contributed by atoms with E-state index in [1.165, 1.54) is 0 Å². The number of aryl methyl sites for hydroxylation is 2. The molecule has 3 nitrogen and oxygen atoms in total. The molecule has 27 heavy (non-hydrogen) atoms. The summed E-state index contributed by atoms with van der Waals surface area (Å²) in [5.74, 6) is 2.13. The van der Waals surface area contributed by atoms with Gasteiger partial charge in [0.1, 0.15) is 5.75 Å². The summed E-state index contributed by atoms with van der Waals surface area (Å²) in [7, 11) is 0. The summed E-state index contributed by atoms with van der Waals surface area (Å²) >= 11 is 14.0. The molecule has 0 spiro atoms. The Morgan fingerprint density at radius 3 is 2.37 bits per heavy atom. The fraction of sp³-hybridized carbons (Fsp3) is 0.381. The third-order valence-electron chi connectivity index (χ3n) is 3.99. The van der Waals surface area contributed by atoms with Crippen LogP contribution in [0.4, 0.5) is 0 Å². The van der Waals surface area contributed by atoms with Crippen molar-refractivity contribution in [1.29, 1.82) is 0 Å². The van der Waals surface area contributed by atoms with Crippen LogP contribution < -0.4 is 10.1 Å². The number of nitrogens with one attached hydrogen (secondary N) is 1. The number of carbonyl (C=O) groups excluding carboxylic acids is 1. The topological polar surface area (TPSA) is 38.3 Å². The van der Waals surface area contributed by atoms with Gasteiger partial charge >= 0.3 is 0 Å². The molecule has 2 rings (SSSR count). The highest BCUT2D eigenvalue weighted by molar-refractivity contribution is 7.98. The van der Waals surface area contributed by atoms with Crippen LogP contribution in [0.1, 0.15) is 30.0 Å². The lowest BCUT2D eigenvalue weighted by Crippen LogP contribution is -2.39. The quantitative estimate of drug-likeness (QED) is 0.514. The lowest BCUT2D eigenvalue weighted by atomic mass is 10.1. The Bertz CT molecular complexity index is 742. The minimum Gasteiger partial charge on any atom is -0.481 e. The standard InChI is InChI=1S/C21H25Cl2NO2S/c1-4-20(26-16-11-14(2)10-15(3)12-16)21(25)24-8-9-27-13-17-18(22)6-5-7-19(17)23/h5-7,10-12,20H,4,8-9,13H2,1-3H3,(H,24,25)/t20-/m0/s1. The van der Waals surface area contributed by atoms with Crippen molar-refractivity contribution < 1.29 is 9.53 Å². The molecule has 6 heteroatoms. The number of halogens is 2. The van der Waals surface area contributed by atoms with Crippen LogP contribution in [-0.4, -0.2) is 24.3 Å². The number of carbonyl (C=O) groups is 1. The van der Waals surface area contributed by atoms with Crippen molar-refractivity contribution in [2.24, 2.45) is 0 Å². The lowest BCUT2D eigenvalue weighted by molar-refractivity contribution is -0.127. The summed E-state index contributed by atoms with van der Waals surface area (Å²) in [4.78, 5) is 12.4. The van der Waals surface area contributed by atoms with Crippen molar-refractivity contribution in [2.75, 3.05) is 12.3 Å². The normalized spacial score (nSPS) is 11.9. The summed E-state index contributed by atoms with van der Waals surface area (Å²) in [5, 5.41) is 4.29. The molecule has 0 fully saturated rings. The second-order valence-corrected chi connectivity index (χ2v) is 8.30. The Morgan fingerprint density at radius 2 is 1.78 bits per heavy atom. The van der Waals surface area contributed by atoms with Crippen molar-refractivity contribution in [3.63, 3.8) is 0 Å². The molecular formula is C21H25Cl2NO2S. The molecule has 0 aromatic heterocycles. The molecule has 2 aromatic carbocycles. The summed E-state index contributed by atoms with van der Waals surface area (Å²) in [6.07, 6.45) is 0.121. The minimum atomic E-state index is -0.491. The Balaban J connectivity index is 1.78. The molecule has 0 aliphatic carbocycles. The Kier molecular flexibility index (Phi) is 8.81. The zero-order chi connectivity index (χ0) is 19.8. The van der Waals surface area contributed by atoms with Gasteiger partial charge in [0, 0.05) is 28.1 Å². The molecule has 0 heterocycles. The predicted molar refractivity (Wildman–Crippen MR) is 116 cm³/mol. The van der Waals surface area contributed by atoms with Gasteiger partial charge in [0.05, 0.1) is 0 Å². The van der Waals surface area contributed by atoms with Crippen LogP contribution in [0.5, 0.6) is 5.75 Å². The van der Waals surface area contributed by atoms with Crippen LogP contribution in [0.2, 0.25) is 10.0 Å². The molecule has 2 aromatic rings. The number of hydrogen-bond acceptors (Lipinski definition) is 3. The molecule has 0 saturated heterocycles. The minimum absolute atomic E-state index is 0.0898. The van der Waals surface area contributed by atoms with Gasteiger partial charge in [0.25, 0.3) is 5.91 Å². The van der Waals surface area contributed by atoms with Gasteiger partial charge in [0.2, 0.25) is 0 Å². The van der Waals surface area contributed by atoms with Crippen molar-refractivity contribution in [3.05, 3.63) is 63.1 Å². The molecule has 0 aliphatic rings. The van der Waals surface area contributed by atoms with E-state index in [0.717, 1.165) is 28.2 Å². The number of hydrogen-bond donors (Lipinski definition) is 1. The van der Waals surface area contributed by atoms with E-state index in [1.807, 2.05) is 51.1 Å². The molecule has 0 unspecified atom stereocenters. The van der Waals surface area contributed by atoms with E-state index in [-0.39, 0.29) is 5.91 Å². The number of rotatable bonds is 9. The molecule has 1 amide bonds. The van der Waals surface area contributed by atoms with Crippen LogP contribution in [0, 0.1) is 13.8 Å². The van der Waals surface area contributed by atoms with Gasteiger partial charge in [-0.25, -0.2) is 0 Å². The van der Waals surface area contributed by atoms with Gasteiger partial charge in [0.15, 0.2) is 6.10 Å². The van der Waals surface area contributed by atoms with E-state index in [4.69, 9.17) is 27.9 Å². The molecule has 0 aliphatic heterocycles. The van der Waals surface area contributed by atoms with E-state index >= 15 is 0 Å². The molecule has 0 saturated carbocycles. The van der Waals surface area contributed by atoms with Crippen molar-refractivity contribution in [3.8, 4) is 5.75 Å². The largest absolute Gasteiger partial charge is 0.481 e. The molecule has 0 radical (unpaired) electrons. The van der Waals surface area contributed by atoms with Gasteiger partial charge in [-0.05, 0) is 61.2 Å². The third kappa shape index (κ3) is 6.95. The highest BCUT2D eigenvalue weighted by Crippen LogP contribution is 2.28. The molecule has 0 bridgehead atoms. The van der Waals surface area contributed by atoms with Crippen molar-refractivity contribution in [1.82, 2.24) is 5.32 Å². The van der Waals surface area contributed by atoms with E-state index in [1.54, 1.807) is 11.8 Å². The second kappa shape index (κ2) is 10.8. The fourth-order valence-electron chi connectivity index (χ4n) is 2.69. The van der Waals surface area contributed by atoms with E-state index in [2.05, 4.69) is 11.4 Å². The van der Waals surface area contributed by atoms with Crippen LogP contribution in [-0.2, 0) is 10.5 Å². The molecule has 146 valence electrons. The van der Waals surface area contributed by atoms with Crippen molar-refractivity contribution in [2.45, 2.75) is 39.0 Å². The highest BCUT2D eigenvalue weighted by atomic mass is 35.5. The molecular weight excluding hydrogens is 401 g/mol. The summed E-state index contributed by atoms with van der Waals surface area (Å²) in [6, 6.07) is 11.5. The average molecular weight is 426 g/mol. The highest BCUT2D eigenvalue weighted by Gasteiger charge is 2.18. The first kappa shape index (κ1) is 21.9. The van der Waals surface area contributed by atoms with Gasteiger partial charge in [-0.2, -0.15) is 11.8 Å². The maximum Gasteiger partial charge on any atom is 0.261 e. The zero-order valence-corrected chi connectivity index (χ0v) is 18.2. The molecule has 1 N–H and O–H groups in total. The maximum atomic E-state index is 12.4. The summed E-state index contributed by atoms with van der Waals surface area (Å²) in [6.45, 7) is 6.55. The first-order valence-corrected chi connectivity index (χ1v) is 10.8. The Morgan fingerprint density at radius 1 is 1.15 bits per heavy atom. The monoisotopic (exact) mass is 425 g/mol. The first-order valence-electron chi connectivity index (χ1n) is 8.94. The zero-order valence-electron chi connectivity index (χ0n) is 15.9. The van der Waals surface area contributed by atoms with Crippen molar-refractivity contribution >= 4 is 40.9 Å². The van der Waals surface area contributed by atoms with E-state index in [9.17, 15) is 4.79 Å². The number of amides is 1. The Hall–Kier alpha value is -1.36. The SMILES string of the molecule is CC[C@H](Oc1cc(C)cc(C)c1)C(=O)NCCSCc1c(Cl)cccc1Cl. The second-order valence-electron chi connectivity index (χ2n) is 6.38. The van der Waals surface area contributed by atoms with Gasteiger partial charge in [-0.15, -0.1) is 0 Å². The maximum absolute atomic E-state index is 12.4. The number of ether oxygens (including phenoxy) is 1. The van der Waals surface area contributed by atoms with Crippen LogP contribution in [0.15, 0.2) is 36.4 Å². The number of benzene rings is 2. The third-order valence-corrected chi connectivity index (χ3v) is 5.68. The number of thioether (sulfide) groups is 1. The summed E-state index contributed by atoms with van der Waals surface area (Å²) < 4.78 is 5.89. The van der Waals surface area contributed by atoms with Crippen LogP contribution in [0.3, 0.4) is 0 Å². The first-order chi connectivity index (χ1) is 12.9. The van der Waals surface area contributed by atoms with Crippen LogP contribution >= 0.6 is 35.0 Å². The predicted octanol–water partition coefficient (Wildman–Crippen LogP) is 5.82. The van der Waals surface area contributed by atoms with Gasteiger partial charge in [-0.3, -0.25) is 4.79 Å². The van der Waals surface area contributed by atoms with E-state index in [0.29, 0.717) is 28.8 Å². The smallest absolute Gasteiger partial charge is 0.261 e. The fourth-order valence-corrected chi connectivity index (χ4v) is 4.29. The van der Waals surface area contributed by atoms with Gasteiger partial charge in [-0.1, -0.05) is 42.3 Å². The lowest BCUT2D eigenvalue weighted by Gasteiger charge is -2.18. The molecule has 1 atom stereocenters. The average Bonchev–Trinajstić information content (AvgIpc) is 2.60. The van der Waals surface area contributed by atoms with E-state index < -0.39 is 6.10 Å². The summed E-state index contributed by atoms with van der Waals surface area (Å²) in [5.41, 5.74) is 3.17. The Labute approximate surface area is 175 Å². The van der Waals surface area contributed by atoms with Gasteiger partial charge < -0.3 is 10.1 Å². The van der Waals surface area contributed by atoms with Crippen LogP contribution in [0.25, 0.3) is 0 Å².